The SMILES string of the molecule is Cc1ccc(C2CC(NC3CCc4ccccc43)C2)cc1. The molecule has 108 valence electrons. The van der Waals surface area contributed by atoms with Crippen molar-refractivity contribution >= 4 is 0 Å². The van der Waals surface area contributed by atoms with Crippen molar-refractivity contribution in [3.63, 3.8) is 0 Å². The van der Waals surface area contributed by atoms with Crippen LogP contribution in [0.1, 0.15) is 53.5 Å². The second-order valence-electron chi connectivity index (χ2n) is 6.73. The summed E-state index contributed by atoms with van der Waals surface area (Å²) in [5, 5.41) is 3.88. The first kappa shape index (κ1) is 13.1. The van der Waals surface area contributed by atoms with E-state index in [-0.39, 0.29) is 0 Å². The molecule has 0 radical (unpaired) electrons. The van der Waals surface area contributed by atoms with Crippen LogP contribution in [0.4, 0.5) is 0 Å². The second-order valence-corrected chi connectivity index (χ2v) is 6.73. The standard InChI is InChI=1S/C20H23N/c1-14-6-8-15(9-7-14)17-12-18(13-17)21-20-11-10-16-4-2-3-5-19(16)20/h2-9,17-18,20-21H,10-13H2,1H3. The third-order valence-corrected chi connectivity index (χ3v) is 5.26. The highest BCUT2D eigenvalue weighted by Crippen LogP contribution is 2.40. The summed E-state index contributed by atoms with van der Waals surface area (Å²) in [6, 6.07) is 19.3. The van der Waals surface area contributed by atoms with E-state index in [1.54, 1.807) is 5.56 Å². The van der Waals surface area contributed by atoms with Crippen LogP contribution >= 0.6 is 0 Å². The molecule has 2 aliphatic rings. The third-order valence-electron chi connectivity index (χ3n) is 5.26. The molecule has 1 heteroatoms. The molecule has 0 spiro atoms. The van der Waals surface area contributed by atoms with Crippen molar-refractivity contribution < 1.29 is 0 Å². The van der Waals surface area contributed by atoms with Gasteiger partial charge >= 0.3 is 0 Å². The van der Waals surface area contributed by atoms with Gasteiger partial charge < -0.3 is 5.32 Å². The normalized spacial score (nSPS) is 27.2. The van der Waals surface area contributed by atoms with Gasteiger partial charge in [0.15, 0.2) is 0 Å². The van der Waals surface area contributed by atoms with E-state index in [1.807, 2.05) is 0 Å². The van der Waals surface area contributed by atoms with Crippen molar-refractivity contribution in [2.75, 3.05) is 0 Å². The fraction of sp³-hybridized carbons (Fsp3) is 0.400. The summed E-state index contributed by atoms with van der Waals surface area (Å²) in [5.41, 5.74) is 5.96. The van der Waals surface area contributed by atoms with Crippen molar-refractivity contribution in [3.05, 3.63) is 70.8 Å². The van der Waals surface area contributed by atoms with Gasteiger partial charge in [-0.3, -0.25) is 0 Å². The molecule has 2 aromatic carbocycles. The highest BCUT2D eigenvalue weighted by molar-refractivity contribution is 5.34. The monoisotopic (exact) mass is 277 g/mol. The van der Waals surface area contributed by atoms with Crippen molar-refractivity contribution in [2.24, 2.45) is 0 Å². The van der Waals surface area contributed by atoms with Gasteiger partial charge in [-0.25, -0.2) is 0 Å². The lowest BCUT2D eigenvalue weighted by atomic mass is 9.75. The van der Waals surface area contributed by atoms with Crippen LogP contribution in [-0.4, -0.2) is 6.04 Å². The molecule has 1 saturated carbocycles. The predicted molar refractivity (Wildman–Crippen MR) is 87.6 cm³/mol. The van der Waals surface area contributed by atoms with Crippen LogP contribution in [-0.2, 0) is 6.42 Å². The summed E-state index contributed by atoms with van der Waals surface area (Å²) in [7, 11) is 0. The molecule has 0 heterocycles. The molecule has 1 unspecified atom stereocenters. The fourth-order valence-electron chi connectivity index (χ4n) is 3.88. The topological polar surface area (TPSA) is 12.0 Å². The Hall–Kier alpha value is -1.60. The van der Waals surface area contributed by atoms with Crippen LogP contribution in [0.15, 0.2) is 48.5 Å². The molecule has 0 aliphatic heterocycles. The summed E-state index contributed by atoms with van der Waals surface area (Å²) in [6.45, 7) is 2.16. The third kappa shape index (κ3) is 2.51. The van der Waals surface area contributed by atoms with E-state index in [9.17, 15) is 0 Å². The van der Waals surface area contributed by atoms with Crippen molar-refractivity contribution in [1.82, 2.24) is 5.32 Å². The van der Waals surface area contributed by atoms with Crippen molar-refractivity contribution in [3.8, 4) is 0 Å². The van der Waals surface area contributed by atoms with Crippen molar-refractivity contribution in [1.29, 1.82) is 0 Å². The zero-order chi connectivity index (χ0) is 14.2. The average Bonchev–Trinajstić information content (AvgIpc) is 2.87. The molecule has 2 aliphatic carbocycles. The molecule has 1 nitrogen and oxygen atoms in total. The van der Waals surface area contributed by atoms with Gasteiger partial charge in [-0.15, -0.1) is 0 Å². The minimum atomic E-state index is 0.588. The van der Waals surface area contributed by atoms with Crippen LogP contribution in [0.3, 0.4) is 0 Å². The molecule has 1 N–H and O–H groups in total. The Morgan fingerprint density at radius 1 is 0.952 bits per heavy atom. The Bertz CT molecular complexity index is 623. The molecular formula is C20H23N. The summed E-state index contributed by atoms with van der Waals surface area (Å²) >= 11 is 0. The van der Waals surface area contributed by atoms with Gasteiger partial charge in [-0.1, -0.05) is 54.1 Å². The zero-order valence-corrected chi connectivity index (χ0v) is 12.7. The molecule has 21 heavy (non-hydrogen) atoms. The highest BCUT2D eigenvalue weighted by atomic mass is 15.0. The Kier molecular flexibility index (Phi) is 3.31. The van der Waals surface area contributed by atoms with Gasteiger partial charge in [0.05, 0.1) is 0 Å². The average molecular weight is 277 g/mol. The van der Waals surface area contributed by atoms with Gasteiger partial charge in [-0.05, 0) is 55.2 Å². The first-order chi connectivity index (χ1) is 10.3. The minimum absolute atomic E-state index is 0.588. The number of aryl methyl sites for hydroxylation is 2. The summed E-state index contributed by atoms with van der Waals surface area (Å²) in [4.78, 5) is 0. The van der Waals surface area contributed by atoms with Crippen LogP contribution in [0, 0.1) is 6.92 Å². The first-order valence-corrected chi connectivity index (χ1v) is 8.20. The maximum Gasteiger partial charge on any atom is 0.0328 e. The van der Waals surface area contributed by atoms with Gasteiger partial charge in [0.1, 0.15) is 0 Å². The molecule has 1 atom stereocenters. The van der Waals surface area contributed by atoms with Gasteiger partial charge in [0.2, 0.25) is 0 Å². The van der Waals surface area contributed by atoms with Gasteiger partial charge in [0, 0.05) is 12.1 Å². The number of benzene rings is 2. The first-order valence-electron chi connectivity index (χ1n) is 8.20. The zero-order valence-electron chi connectivity index (χ0n) is 12.7. The molecule has 0 aromatic heterocycles. The van der Waals surface area contributed by atoms with Crippen LogP contribution in [0.5, 0.6) is 0 Å². The predicted octanol–water partition coefficient (Wildman–Crippen LogP) is 4.52. The Labute approximate surface area is 127 Å². The minimum Gasteiger partial charge on any atom is -0.307 e. The number of nitrogens with one attached hydrogen (secondary N) is 1. The Balaban J connectivity index is 1.36. The summed E-state index contributed by atoms with van der Waals surface area (Å²) < 4.78 is 0. The lowest BCUT2D eigenvalue weighted by Gasteiger charge is -2.38. The molecule has 1 fully saturated rings. The lowest BCUT2D eigenvalue weighted by Crippen LogP contribution is -2.41. The molecule has 0 bridgehead atoms. The number of hydrogen-bond donors (Lipinski definition) is 1. The lowest BCUT2D eigenvalue weighted by molar-refractivity contribution is 0.265. The largest absolute Gasteiger partial charge is 0.307 e. The van der Waals surface area contributed by atoms with Gasteiger partial charge in [-0.2, -0.15) is 0 Å². The van der Waals surface area contributed by atoms with E-state index < -0.39 is 0 Å². The number of rotatable bonds is 3. The van der Waals surface area contributed by atoms with E-state index >= 15 is 0 Å². The summed E-state index contributed by atoms with van der Waals surface area (Å²) in [6.07, 6.45) is 5.09. The maximum absolute atomic E-state index is 3.88. The molecular weight excluding hydrogens is 254 g/mol. The van der Waals surface area contributed by atoms with Crippen LogP contribution in [0.2, 0.25) is 0 Å². The molecule has 4 rings (SSSR count). The molecule has 0 amide bonds. The van der Waals surface area contributed by atoms with Crippen LogP contribution < -0.4 is 5.32 Å². The van der Waals surface area contributed by atoms with E-state index in [0.717, 1.165) is 5.92 Å². The van der Waals surface area contributed by atoms with Crippen molar-refractivity contribution in [2.45, 2.75) is 50.6 Å². The van der Waals surface area contributed by atoms with Crippen LogP contribution in [0.25, 0.3) is 0 Å². The Morgan fingerprint density at radius 2 is 1.71 bits per heavy atom. The Morgan fingerprint density at radius 3 is 2.52 bits per heavy atom. The highest BCUT2D eigenvalue weighted by Gasteiger charge is 2.33. The van der Waals surface area contributed by atoms with Gasteiger partial charge in [0.25, 0.3) is 0 Å². The summed E-state index contributed by atoms with van der Waals surface area (Å²) in [5.74, 6) is 0.764. The quantitative estimate of drug-likeness (QED) is 0.870. The van der Waals surface area contributed by atoms with E-state index in [2.05, 4.69) is 60.8 Å². The van der Waals surface area contributed by atoms with E-state index in [1.165, 1.54) is 42.4 Å². The van der Waals surface area contributed by atoms with E-state index in [4.69, 9.17) is 0 Å². The number of fused-ring (bicyclic) bond motifs is 1. The molecule has 0 saturated heterocycles. The molecule has 2 aromatic rings. The van der Waals surface area contributed by atoms with E-state index in [0.29, 0.717) is 12.1 Å². The number of hydrogen-bond acceptors (Lipinski definition) is 1. The second kappa shape index (κ2) is 5.31. The fourth-order valence-corrected chi connectivity index (χ4v) is 3.88. The maximum atomic E-state index is 3.88. The smallest absolute Gasteiger partial charge is 0.0328 e.